The number of nitrogens with zero attached hydrogens (tertiary/aromatic N) is 17. The second-order valence-electron chi connectivity index (χ2n) is 37.4. The molecule has 14 heterocycles. The minimum absolute atomic E-state index is 0.0230. The van der Waals surface area contributed by atoms with E-state index in [2.05, 4.69) is 121 Å². The maximum Gasteiger partial charge on any atom is 0.413 e. The molecule has 0 aliphatic carbocycles. The Labute approximate surface area is 835 Å². The Bertz CT molecular complexity index is 5980. The molecule has 0 radical (unpaired) electrons. The topological polar surface area (TPSA) is 286 Å². The summed E-state index contributed by atoms with van der Waals surface area (Å²) in [5, 5.41) is 27.1. The van der Waals surface area contributed by atoms with Gasteiger partial charge in [0.25, 0.3) is 0 Å². The van der Waals surface area contributed by atoms with Crippen LogP contribution in [0.2, 0.25) is 10.0 Å². The van der Waals surface area contributed by atoms with Crippen molar-refractivity contribution >= 4 is 93.7 Å². The number of amides is 11. The maximum atomic E-state index is 12.6. The lowest BCUT2D eigenvalue weighted by Crippen LogP contribution is -2.46. The van der Waals surface area contributed by atoms with E-state index in [0.717, 1.165) is 147 Å². The van der Waals surface area contributed by atoms with E-state index in [-0.39, 0.29) is 103 Å². The zero-order chi connectivity index (χ0) is 99.5. The van der Waals surface area contributed by atoms with Crippen LogP contribution in [0.25, 0.3) is 0 Å². The van der Waals surface area contributed by atoms with Crippen LogP contribution in [0.5, 0.6) is 0 Å². The van der Waals surface area contributed by atoms with Gasteiger partial charge >= 0.3 is 36.2 Å². The Balaban J connectivity index is 0.000000128. The van der Waals surface area contributed by atoms with Gasteiger partial charge < -0.3 is 53.4 Å². The van der Waals surface area contributed by atoms with E-state index in [1.807, 2.05) is 196 Å². The zero-order valence-electron chi connectivity index (χ0n) is 81.9. The molecule has 33 heteroatoms. The van der Waals surface area contributed by atoms with Gasteiger partial charge in [-0.05, 0) is 269 Å². The predicted molar refractivity (Wildman–Crippen MR) is 538 cm³/mol. The van der Waals surface area contributed by atoms with Crippen LogP contribution in [0, 0.1) is 134 Å². The highest BCUT2D eigenvalue weighted by Crippen LogP contribution is 2.40. The Kier molecular flexibility index (Phi) is 33.4. The fourth-order valence-corrected chi connectivity index (χ4v) is 18.9. The van der Waals surface area contributed by atoms with Crippen molar-refractivity contribution in [1.82, 2.24) is 54.1 Å². The highest BCUT2D eigenvalue weighted by Gasteiger charge is 2.53. The number of fused-ring (bicyclic) bond motifs is 6. The summed E-state index contributed by atoms with van der Waals surface area (Å²) in [7, 11) is 6.48. The van der Waals surface area contributed by atoms with Crippen LogP contribution >= 0.6 is 23.2 Å². The molecule has 141 heavy (non-hydrogen) atoms. The third-order valence-corrected chi connectivity index (χ3v) is 26.4. The monoisotopic (exact) mass is 1950 g/mol. The second-order valence-corrected chi connectivity index (χ2v) is 38.3. The van der Waals surface area contributed by atoms with E-state index in [1.165, 1.54) is 34.4 Å². The smallest absolute Gasteiger partial charge is 0.413 e. The number of ether oxygens (including phenoxy) is 1. The first-order chi connectivity index (χ1) is 68.1. The Hall–Kier alpha value is -14.3. The predicted octanol–water partition coefficient (Wildman–Crippen LogP) is 16.1. The molecule has 0 bridgehead atoms. The molecule has 14 aliphatic heterocycles. The van der Waals surface area contributed by atoms with Gasteiger partial charge in [0, 0.05) is 143 Å². The molecular weight excluding hydrogens is 1830 g/mol. The lowest BCUT2D eigenvalue weighted by Gasteiger charge is -2.28. The standard InChI is InChI=1S/C19H21N3O2.C19H23N3O2.C19H22N2O3.C18H18ClN3O2.C17H19N3O3.C16H16ClN3O2/c1-14-5-4-6-15(13-14)7-8-17-16-9-12-22(18(16)24-20-17)19(23)21-10-2-3-11-21;1-4-21(5-2)19(23)22-12-11-16-17(20-24-18(16)22)10-9-15-8-6-7-14(3)13-15;1-13-6-5-7-14(12-13)8-9-16-15-10-11-21(17(15)24-20-16)18(22)23-19(2,3)4;19-14-5-3-4-13(12-14)6-7-16-15-8-11-22(17(15)24-20-16)18(23)21-9-1-2-10-21;1-12-5-4-6-13(11-12)7-8-15-14-9-10-20(16(14)23-18-15)17(21)19(2)22-3;1-19(2)16(21)20-9-8-13-14(18-22-15(13)20)7-6-11-4-3-5-12(17)10-11/h4-6,13,16,18H,2-3,9-12H2,1H3;6-8,13,16,18H,4-5,11-12H2,1-3H3;5-7,12,15,17H,10-11H2,1-4H3;3-5,12,15,17H,1-2,8-11H2;4-6,11,14,16H,9-10H2,1-3H3;3-5,10,13,15H,8-9H2,1-2H3. The fourth-order valence-electron chi connectivity index (χ4n) is 18.5. The van der Waals surface area contributed by atoms with Crippen molar-refractivity contribution < 1.29 is 67.4 Å². The van der Waals surface area contributed by atoms with Gasteiger partial charge in [0.05, 0.1) is 42.6 Å². The number of hydrogen-bond donors (Lipinski definition) is 0. The van der Waals surface area contributed by atoms with Gasteiger partial charge in [-0.25, -0.2) is 33.8 Å². The number of halogens is 2. The number of rotatable bonds is 3. The number of aryl methyl sites for hydroxylation is 4. The Morgan fingerprint density at radius 3 is 0.879 bits per heavy atom. The van der Waals surface area contributed by atoms with Crippen LogP contribution in [-0.4, -0.2) is 274 Å². The first-order valence-electron chi connectivity index (χ1n) is 48.1. The number of hydrogen-bond acceptors (Lipinski definition) is 20. The van der Waals surface area contributed by atoms with E-state index < -0.39 is 11.8 Å². The van der Waals surface area contributed by atoms with Crippen molar-refractivity contribution in [2.45, 2.75) is 169 Å². The van der Waals surface area contributed by atoms with Crippen LogP contribution < -0.4 is 0 Å². The normalized spacial score (nSPS) is 23.0. The molecule has 6 aromatic rings. The van der Waals surface area contributed by atoms with E-state index in [1.54, 1.807) is 62.7 Å². The quantitative estimate of drug-likeness (QED) is 0.118. The van der Waals surface area contributed by atoms with E-state index >= 15 is 0 Å². The van der Waals surface area contributed by atoms with Crippen LogP contribution in [0.1, 0.15) is 154 Å². The summed E-state index contributed by atoms with van der Waals surface area (Å²) in [6, 6.07) is 46.8. The molecule has 8 fully saturated rings. The molecule has 12 unspecified atom stereocenters. The minimum Gasteiger partial charge on any atom is -0.444 e. The van der Waals surface area contributed by atoms with E-state index in [4.69, 9.17) is 61.8 Å². The highest BCUT2D eigenvalue weighted by molar-refractivity contribution is 6.31. The molecule has 0 N–H and O–H groups in total. The van der Waals surface area contributed by atoms with Crippen molar-refractivity contribution in [2.75, 3.05) is 107 Å². The summed E-state index contributed by atoms with van der Waals surface area (Å²) < 4.78 is 5.43. The van der Waals surface area contributed by atoms with Crippen LogP contribution in [-0.2, 0) is 38.6 Å². The fraction of sp³-hybridized carbons (Fsp3) is 0.444. The van der Waals surface area contributed by atoms with Gasteiger partial charge in [-0.15, -0.1) is 0 Å². The highest BCUT2D eigenvalue weighted by atomic mass is 35.5. The molecule has 6 aromatic carbocycles. The van der Waals surface area contributed by atoms with Gasteiger partial charge in [0.1, 0.15) is 39.9 Å². The molecule has 734 valence electrons. The summed E-state index contributed by atoms with van der Waals surface area (Å²) in [5.41, 5.74) is 14.0. The van der Waals surface area contributed by atoms with Crippen molar-refractivity contribution in [3.8, 4) is 71.0 Å². The number of carbonyl (C=O) groups is 6. The number of benzene rings is 6. The average Bonchev–Trinajstić information content (AvgIpc) is 1.64. The summed E-state index contributed by atoms with van der Waals surface area (Å²) in [6.45, 7) is 26.4. The molecule has 14 aliphatic rings. The number of likely N-dealkylation sites (tertiary alicyclic amines) is 8. The van der Waals surface area contributed by atoms with Crippen molar-refractivity contribution in [1.29, 1.82) is 0 Å². The molecule has 0 spiro atoms. The van der Waals surface area contributed by atoms with Gasteiger partial charge in [-0.3, -0.25) is 34.2 Å². The average molecular weight is 1950 g/mol. The maximum absolute atomic E-state index is 12.6. The van der Waals surface area contributed by atoms with Crippen molar-refractivity contribution in [3.63, 3.8) is 0 Å². The third-order valence-electron chi connectivity index (χ3n) is 26.0. The largest absolute Gasteiger partial charge is 0.444 e. The molecule has 8 saturated heterocycles. The number of oxime groups is 6. The van der Waals surface area contributed by atoms with E-state index in [0.29, 0.717) is 73.0 Å². The van der Waals surface area contributed by atoms with Gasteiger partial charge in [-0.2, -0.15) is 0 Å². The lowest BCUT2D eigenvalue weighted by atomic mass is 10.0. The van der Waals surface area contributed by atoms with Crippen molar-refractivity contribution in [2.24, 2.45) is 66.4 Å². The second kappa shape index (κ2) is 46.6. The first-order valence-corrected chi connectivity index (χ1v) is 48.9. The molecule has 0 aromatic heterocycles. The summed E-state index contributed by atoms with van der Waals surface area (Å²) in [5.74, 6) is 37.7. The van der Waals surface area contributed by atoms with Crippen LogP contribution in [0.15, 0.2) is 177 Å². The molecular formula is C108H119Cl2N17O14. The molecule has 20 rings (SSSR count). The third kappa shape index (κ3) is 25.1. The van der Waals surface area contributed by atoms with Crippen molar-refractivity contribution in [3.05, 3.63) is 211 Å². The first kappa shape index (κ1) is 101. The SMILES string of the molecule is CCN(CC)C(=O)N1CCC2C(C#Cc3cccc(C)c3)=NOC21.CN(C)C(=O)N1CCC2C(C#Cc3cccc(Cl)c3)=NOC21.CON(C)C(=O)N1CCC2C(C#Cc3cccc(C)c3)=NOC21.Cc1cccc(C#CC2=NOC3C2CCN3C(=O)N2CCCC2)c1.Cc1cccc(C#CC2=NOC3C2CCN3C(=O)OC(C)(C)C)c1.O=C(N1CCCC1)N1CCC2C(C#Cc3cccc(Cl)c3)=NOC21. The summed E-state index contributed by atoms with van der Waals surface area (Å²) in [6.07, 6.45) is 6.92. The molecule has 11 amide bonds. The zero-order valence-corrected chi connectivity index (χ0v) is 83.4. The lowest BCUT2D eigenvalue weighted by molar-refractivity contribution is -0.0936. The van der Waals surface area contributed by atoms with Gasteiger partial charge in [0.15, 0.2) is 0 Å². The van der Waals surface area contributed by atoms with Crippen LogP contribution in [0.4, 0.5) is 28.8 Å². The van der Waals surface area contributed by atoms with Crippen LogP contribution in [0.3, 0.4) is 0 Å². The number of urea groups is 5. The molecule has 12 atom stereocenters. The number of carbonyl (C=O) groups excluding carboxylic acids is 6. The minimum atomic E-state index is -0.525. The Morgan fingerprint density at radius 1 is 0.355 bits per heavy atom. The molecule has 31 nitrogen and oxygen atoms in total. The van der Waals surface area contributed by atoms with Gasteiger partial charge in [0.2, 0.25) is 37.4 Å². The summed E-state index contributed by atoms with van der Waals surface area (Å²) >= 11 is 11.9. The molecule has 0 saturated carbocycles. The Morgan fingerprint density at radius 2 is 0.610 bits per heavy atom. The van der Waals surface area contributed by atoms with E-state index in [9.17, 15) is 28.8 Å². The van der Waals surface area contributed by atoms with Gasteiger partial charge in [-0.1, -0.05) is 150 Å². The summed E-state index contributed by atoms with van der Waals surface area (Å²) in [4.78, 5) is 130. The number of hydroxylamine groups is 2.